The van der Waals surface area contributed by atoms with Gasteiger partial charge in [-0.3, -0.25) is 4.79 Å². The molecule has 0 aliphatic carbocycles. The van der Waals surface area contributed by atoms with Crippen LogP contribution in [-0.2, 0) is 9.59 Å². The van der Waals surface area contributed by atoms with Gasteiger partial charge in [0.05, 0.1) is 12.5 Å². The van der Waals surface area contributed by atoms with Gasteiger partial charge in [-0.2, -0.15) is 0 Å². The van der Waals surface area contributed by atoms with Crippen molar-refractivity contribution in [3.63, 3.8) is 0 Å². The number of aliphatic carboxylic acids is 1. The molecule has 2 atom stereocenters. The molecule has 1 amide bonds. The number of carbonyl (C=O) groups excluding carboxylic acids is 1. The fraction of sp³-hybridized carbons (Fsp3) is 0.800. The van der Waals surface area contributed by atoms with Crippen LogP contribution < -0.4 is 5.32 Å². The highest BCUT2D eigenvalue weighted by molar-refractivity contribution is 5.83. The topological polar surface area (TPSA) is 86.6 Å². The van der Waals surface area contributed by atoms with Crippen LogP contribution in [0.1, 0.15) is 33.6 Å². The highest BCUT2D eigenvalue weighted by Gasteiger charge is 2.21. The molecule has 88 valence electrons. The van der Waals surface area contributed by atoms with Crippen LogP contribution in [0.2, 0.25) is 0 Å². The Bertz CT molecular complexity index is 225. The molecule has 0 radical (unpaired) electrons. The standard InChI is InChI=1S/C10H19NO4/c1-6(2)4-8(10(14)15)11-9(13)5-7(3)12/h6-8,12H,4-5H2,1-3H3,(H,11,13)(H,14,15)/t7-,8+/m1/s1. The van der Waals surface area contributed by atoms with Gasteiger partial charge in [-0.25, -0.2) is 4.79 Å². The van der Waals surface area contributed by atoms with E-state index in [1.54, 1.807) is 0 Å². The average Bonchev–Trinajstić information content (AvgIpc) is 1.99. The third-order valence-electron chi connectivity index (χ3n) is 1.82. The van der Waals surface area contributed by atoms with E-state index in [1.807, 2.05) is 13.8 Å². The summed E-state index contributed by atoms with van der Waals surface area (Å²) >= 11 is 0. The van der Waals surface area contributed by atoms with Gasteiger partial charge in [-0.15, -0.1) is 0 Å². The molecule has 0 bridgehead atoms. The largest absolute Gasteiger partial charge is 0.480 e. The number of aliphatic hydroxyl groups is 1. The summed E-state index contributed by atoms with van der Waals surface area (Å²) in [4.78, 5) is 22.0. The van der Waals surface area contributed by atoms with Crippen LogP contribution >= 0.6 is 0 Å². The Morgan fingerprint density at radius 1 is 1.27 bits per heavy atom. The minimum atomic E-state index is -1.04. The minimum absolute atomic E-state index is 0.0676. The van der Waals surface area contributed by atoms with E-state index in [-0.39, 0.29) is 12.3 Å². The molecule has 0 saturated carbocycles. The minimum Gasteiger partial charge on any atom is -0.480 e. The first kappa shape index (κ1) is 13.9. The van der Waals surface area contributed by atoms with Gasteiger partial charge in [0.15, 0.2) is 0 Å². The van der Waals surface area contributed by atoms with E-state index in [0.29, 0.717) is 6.42 Å². The van der Waals surface area contributed by atoms with Gasteiger partial charge >= 0.3 is 5.97 Å². The van der Waals surface area contributed by atoms with E-state index in [1.165, 1.54) is 6.92 Å². The van der Waals surface area contributed by atoms with Crippen molar-refractivity contribution in [1.29, 1.82) is 0 Å². The number of carboxylic acid groups (broad SMARTS) is 1. The Morgan fingerprint density at radius 3 is 2.13 bits per heavy atom. The van der Waals surface area contributed by atoms with Crippen molar-refractivity contribution in [2.24, 2.45) is 5.92 Å². The molecule has 0 rings (SSSR count). The van der Waals surface area contributed by atoms with Crippen LogP contribution in [0.15, 0.2) is 0 Å². The van der Waals surface area contributed by atoms with Crippen molar-refractivity contribution in [3.05, 3.63) is 0 Å². The maximum Gasteiger partial charge on any atom is 0.326 e. The molecular weight excluding hydrogens is 198 g/mol. The molecule has 5 nitrogen and oxygen atoms in total. The van der Waals surface area contributed by atoms with Crippen LogP contribution in [-0.4, -0.2) is 34.2 Å². The zero-order valence-electron chi connectivity index (χ0n) is 9.36. The monoisotopic (exact) mass is 217 g/mol. The molecule has 15 heavy (non-hydrogen) atoms. The number of amides is 1. The average molecular weight is 217 g/mol. The molecule has 0 heterocycles. The van der Waals surface area contributed by atoms with E-state index in [9.17, 15) is 9.59 Å². The van der Waals surface area contributed by atoms with Gasteiger partial charge < -0.3 is 15.5 Å². The maximum absolute atomic E-state index is 11.2. The summed E-state index contributed by atoms with van der Waals surface area (Å²) in [5.74, 6) is -1.28. The number of rotatable bonds is 6. The zero-order valence-corrected chi connectivity index (χ0v) is 9.36. The first-order valence-electron chi connectivity index (χ1n) is 5.03. The Kier molecular flexibility index (Phi) is 5.93. The normalized spacial score (nSPS) is 14.7. The SMILES string of the molecule is CC(C)C[C@H](NC(=O)C[C@@H](C)O)C(=O)O. The van der Waals surface area contributed by atoms with Crippen LogP contribution in [0.5, 0.6) is 0 Å². The molecule has 0 fully saturated rings. The lowest BCUT2D eigenvalue weighted by molar-refractivity contribution is -0.142. The summed E-state index contributed by atoms with van der Waals surface area (Å²) in [5, 5.41) is 20.2. The summed E-state index contributed by atoms with van der Waals surface area (Å²) in [6, 6.07) is -0.865. The molecule has 0 saturated heterocycles. The third-order valence-corrected chi connectivity index (χ3v) is 1.82. The van der Waals surface area contributed by atoms with Crippen molar-refractivity contribution in [2.75, 3.05) is 0 Å². The first-order chi connectivity index (χ1) is 6.82. The molecule has 0 aliphatic heterocycles. The fourth-order valence-corrected chi connectivity index (χ4v) is 1.21. The van der Waals surface area contributed by atoms with E-state index in [0.717, 1.165) is 0 Å². The smallest absolute Gasteiger partial charge is 0.326 e. The summed E-state index contributed by atoms with van der Waals surface area (Å²) in [6.07, 6.45) is -0.429. The second-order valence-corrected chi connectivity index (χ2v) is 4.14. The fourth-order valence-electron chi connectivity index (χ4n) is 1.21. The highest BCUT2D eigenvalue weighted by Crippen LogP contribution is 2.05. The Labute approximate surface area is 89.5 Å². The van der Waals surface area contributed by atoms with Gasteiger partial charge in [0.2, 0.25) is 5.91 Å². The Hall–Kier alpha value is -1.10. The van der Waals surface area contributed by atoms with Crippen LogP contribution in [0.25, 0.3) is 0 Å². The van der Waals surface area contributed by atoms with E-state index in [4.69, 9.17) is 10.2 Å². The second-order valence-electron chi connectivity index (χ2n) is 4.14. The summed E-state index contributed by atoms with van der Waals surface area (Å²) in [5.41, 5.74) is 0. The predicted molar refractivity (Wildman–Crippen MR) is 55.3 cm³/mol. The third kappa shape index (κ3) is 6.90. The lowest BCUT2D eigenvalue weighted by atomic mass is 10.0. The van der Waals surface area contributed by atoms with Gasteiger partial charge in [0.1, 0.15) is 6.04 Å². The van der Waals surface area contributed by atoms with Crippen molar-refractivity contribution < 1.29 is 19.8 Å². The number of carboxylic acids is 1. The second kappa shape index (κ2) is 6.40. The quantitative estimate of drug-likeness (QED) is 0.600. The van der Waals surface area contributed by atoms with Gasteiger partial charge in [0.25, 0.3) is 0 Å². The molecular formula is C10H19NO4. The zero-order chi connectivity index (χ0) is 12.0. The van der Waals surface area contributed by atoms with Gasteiger partial charge in [-0.1, -0.05) is 13.8 Å². The summed E-state index contributed by atoms with van der Waals surface area (Å²) in [6.45, 7) is 5.26. The summed E-state index contributed by atoms with van der Waals surface area (Å²) < 4.78 is 0. The molecule has 0 aliphatic rings. The van der Waals surface area contributed by atoms with Crippen molar-refractivity contribution >= 4 is 11.9 Å². The number of hydrogen-bond acceptors (Lipinski definition) is 3. The number of carbonyl (C=O) groups is 2. The molecule has 0 aromatic rings. The van der Waals surface area contributed by atoms with E-state index >= 15 is 0 Å². The van der Waals surface area contributed by atoms with E-state index < -0.39 is 24.0 Å². The van der Waals surface area contributed by atoms with Gasteiger partial charge in [-0.05, 0) is 19.3 Å². The predicted octanol–water partition coefficient (Wildman–Crippen LogP) is 0.373. The summed E-state index contributed by atoms with van der Waals surface area (Å²) in [7, 11) is 0. The van der Waals surface area contributed by atoms with Crippen molar-refractivity contribution in [3.8, 4) is 0 Å². The van der Waals surface area contributed by atoms with Crippen LogP contribution in [0.4, 0.5) is 0 Å². The molecule has 0 aromatic carbocycles. The van der Waals surface area contributed by atoms with E-state index in [2.05, 4.69) is 5.32 Å². The molecule has 0 aromatic heterocycles. The molecule has 5 heteroatoms. The number of aliphatic hydroxyl groups excluding tert-OH is 1. The maximum atomic E-state index is 11.2. The molecule has 0 unspecified atom stereocenters. The van der Waals surface area contributed by atoms with Crippen LogP contribution in [0, 0.1) is 5.92 Å². The molecule has 3 N–H and O–H groups in total. The molecule has 0 spiro atoms. The lowest BCUT2D eigenvalue weighted by Crippen LogP contribution is -2.42. The first-order valence-corrected chi connectivity index (χ1v) is 5.03. The highest BCUT2D eigenvalue weighted by atomic mass is 16.4. The number of nitrogens with one attached hydrogen (secondary N) is 1. The number of hydrogen-bond donors (Lipinski definition) is 3. The lowest BCUT2D eigenvalue weighted by Gasteiger charge is -2.16. The Morgan fingerprint density at radius 2 is 1.80 bits per heavy atom. The van der Waals surface area contributed by atoms with Crippen molar-refractivity contribution in [2.45, 2.75) is 45.8 Å². The van der Waals surface area contributed by atoms with Crippen LogP contribution in [0.3, 0.4) is 0 Å². The van der Waals surface area contributed by atoms with Crippen molar-refractivity contribution in [1.82, 2.24) is 5.32 Å². The Balaban J connectivity index is 4.16. The van der Waals surface area contributed by atoms with Gasteiger partial charge in [0, 0.05) is 0 Å².